The van der Waals surface area contributed by atoms with Crippen LogP contribution in [0.1, 0.15) is 31.7 Å². The Balaban J connectivity index is 1.83. The second kappa shape index (κ2) is 5.23. The van der Waals surface area contributed by atoms with Crippen LogP contribution < -0.4 is 0 Å². The summed E-state index contributed by atoms with van der Waals surface area (Å²) in [4.78, 5) is 32.6. The molecule has 0 aromatic carbocycles. The lowest BCUT2D eigenvalue weighted by Gasteiger charge is -2.46. The predicted molar refractivity (Wildman–Crippen MR) is 73.6 cm³/mol. The molecule has 1 aromatic rings. The Kier molecular flexibility index (Phi) is 3.42. The number of amides is 2. The van der Waals surface area contributed by atoms with Crippen molar-refractivity contribution in [2.24, 2.45) is 0 Å². The number of carbonyl (C=O) groups is 2. The van der Waals surface area contributed by atoms with Crippen LogP contribution in [0.3, 0.4) is 0 Å². The number of aromatic nitrogens is 1. The Bertz CT molecular complexity index is 517. The number of hydrogen-bond donors (Lipinski definition) is 0. The number of nitrogens with zero attached hydrogens (tertiary/aromatic N) is 3. The summed E-state index contributed by atoms with van der Waals surface area (Å²) in [7, 11) is 0. The minimum absolute atomic E-state index is 0.0817. The minimum atomic E-state index is -0.378. The zero-order valence-electron chi connectivity index (χ0n) is 11.7. The minimum Gasteiger partial charge on any atom is -0.329 e. The first-order valence-electron chi connectivity index (χ1n) is 7.18. The van der Waals surface area contributed by atoms with E-state index in [-0.39, 0.29) is 23.9 Å². The van der Waals surface area contributed by atoms with E-state index < -0.39 is 0 Å². The third-order valence-electron chi connectivity index (χ3n) is 4.25. The smallest absolute Gasteiger partial charge is 0.246 e. The highest BCUT2D eigenvalue weighted by molar-refractivity contribution is 5.96. The molecule has 5 nitrogen and oxygen atoms in total. The molecule has 2 saturated heterocycles. The third kappa shape index (κ3) is 2.17. The number of piperidine rings is 1. The van der Waals surface area contributed by atoms with Crippen LogP contribution in [0.2, 0.25) is 0 Å². The molecular weight excluding hydrogens is 254 g/mol. The van der Waals surface area contributed by atoms with Gasteiger partial charge in [0.15, 0.2) is 0 Å². The van der Waals surface area contributed by atoms with Crippen LogP contribution in [0.25, 0.3) is 0 Å². The monoisotopic (exact) mass is 273 g/mol. The molecule has 5 heteroatoms. The van der Waals surface area contributed by atoms with Crippen LogP contribution >= 0.6 is 0 Å². The van der Waals surface area contributed by atoms with Gasteiger partial charge < -0.3 is 9.80 Å². The van der Waals surface area contributed by atoms with E-state index in [9.17, 15) is 9.59 Å². The lowest BCUT2D eigenvalue weighted by atomic mass is 9.95. The number of fused-ring (bicyclic) bond motifs is 1. The van der Waals surface area contributed by atoms with Crippen molar-refractivity contribution in [2.75, 3.05) is 6.54 Å². The van der Waals surface area contributed by atoms with Crippen molar-refractivity contribution in [3.8, 4) is 0 Å². The Morgan fingerprint density at radius 3 is 2.90 bits per heavy atom. The maximum Gasteiger partial charge on any atom is 0.246 e. The first-order valence-corrected chi connectivity index (χ1v) is 7.18. The van der Waals surface area contributed by atoms with E-state index >= 15 is 0 Å². The Hall–Kier alpha value is -1.91. The molecule has 3 heterocycles. The molecule has 3 rings (SSSR count). The highest BCUT2D eigenvalue weighted by atomic mass is 16.2. The number of pyridine rings is 1. The van der Waals surface area contributed by atoms with Crippen molar-refractivity contribution in [1.82, 2.24) is 14.8 Å². The second-order valence-electron chi connectivity index (χ2n) is 5.55. The zero-order chi connectivity index (χ0) is 14.1. The second-order valence-corrected chi connectivity index (χ2v) is 5.55. The SMILES string of the molecule is CC1C(=O)N2CCCCC2C(=O)N1Cc1cccnc1. The van der Waals surface area contributed by atoms with Gasteiger partial charge in [0.05, 0.1) is 0 Å². The summed E-state index contributed by atoms with van der Waals surface area (Å²) >= 11 is 0. The van der Waals surface area contributed by atoms with E-state index in [1.54, 1.807) is 22.2 Å². The zero-order valence-corrected chi connectivity index (χ0v) is 11.7. The van der Waals surface area contributed by atoms with Gasteiger partial charge in [0.2, 0.25) is 11.8 Å². The third-order valence-corrected chi connectivity index (χ3v) is 4.25. The van der Waals surface area contributed by atoms with E-state index in [1.165, 1.54) is 0 Å². The highest BCUT2D eigenvalue weighted by Gasteiger charge is 2.44. The van der Waals surface area contributed by atoms with Crippen molar-refractivity contribution in [3.63, 3.8) is 0 Å². The number of piperazine rings is 1. The summed E-state index contributed by atoms with van der Waals surface area (Å²) in [5.74, 6) is 0.166. The maximum absolute atomic E-state index is 12.6. The van der Waals surface area contributed by atoms with Gasteiger partial charge in [-0.3, -0.25) is 14.6 Å². The van der Waals surface area contributed by atoms with Crippen LogP contribution in [0.5, 0.6) is 0 Å². The van der Waals surface area contributed by atoms with Gasteiger partial charge in [-0.1, -0.05) is 6.07 Å². The van der Waals surface area contributed by atoms with Crippen LogP contribution in [-0.4, -0.2) is 45.2 Å². The Morgan fingerprint density at radius 1 is 1.30 bits per heavy atom. The molecule has 0 radical (unpaired) electrons. The van der Waals surface area contributed by atoms with Crippen molar-refractivity contribution >= 4 is 11.8 Å². The van der Waals surface area contributed by atoms with Gasteiger partial charge in [-0.05, 0) is 37.8 Å². The predicted octanol–water partition coefficient (Wildman–Crippen LogP) is 1.19. The molecule has 20 heavy (non-hydrogen) atoms. The van der Waals surface area contributed by atoms with E-state index in [0.29, 0.717) is 6.54 Å². The highest BCUT2D eigenvalue weighted by Crippen LogP contribution is 2.27. The fraction of sp³-hybridized carbons (Fsp3) is 0.533. The average Bonchev–Trinajstić information content (AvgIpc) is 2.50. The number of hydrogen-bond acceptors (Lipinski definition) is 3. The molecule has 0 aliphatic carbocycles. The van der Waals surface area contributed by atoms with E-state index in [2.05, 4.69) is 4.98 Å². The van der Waals surface area contributed by atoms with Crippen molar-refractivity contribution in [1.29, 1.82) is 0 Å². The van der Waals surface area contributed by atoms with E-state index in [0.717, 1.165) is 31.4 Å². The van der Waals surface area contributed by atoms with Crippen LogP contribution in [0.15, 0.2) is 24.5 Å². The van der Waals surface area contributed by atoms with Gasteiger partial charge in [-0.2, -0.15) is 0 Å². The molecule has 2 aliphatic heterocycles. The number of rotatable bonds is 2. The lowest BCUT2D eigenvalue weighted by molar-refractivity contribution is -0.163. The molecular formula is C15H19N3O2. The first kappa shape index (κ1) is 13.1. The quantitative estimate of drug-likeness (QED) is 0.813. The van der Waals surface area contributed by atoms with Gasteiger partial charge in [-0.15, -0.1) is 0 Å². The summed E-state index contributed by atoms with van der Waals surface area (Å²) < 4.78 is 0. The van der Waals surface area contributed by atoms with Crippen molar-refractivity contribution in [2.45, 2.75) is 44.8 Å². The molecule has 2 amide bonds. The van der Waals surface area contributed by atoms with Gasteiger partial charge in [0, 0.05) is 25.5 Å². The molecule has 0 N–H and O–H groups in total. The molecule has 0 saturated carbocycles. The molecule has 106 valence electrons. The van der Waals surface area contributed by atoms with Crippen molar-refractivity contribution < 1.29 is 9.59 Å². The summed E-state index contributed by atoms with van der Waals surface area (Å²) in [6.45, 7) is 3.01. The summed E-state index contributed by atoms with van der Waals surface area (Å²) in [5, 5.41) is 0. The number of carbonyl (C=O) groups excluding carboxylic acids is 2. The molecule has 2 aliphatic rings. The van der Waals surface area contributed by atoms with Crippen LogP contribution in [0, 0.1) is 0 Å². The van der Waals surface area contributed by atoms with E-state index in [4.69, 9.17) is 0 Å². The lowest BCUT2D eigenvalue weighted by Crippen LogP contribution is -2.64. The molecule has 2 atom stereocenters. The van der Waals surface area contributed by atoms with Crippen LogP contribution in [0.4, 0.5) is 0 Å². The molecule has 0 spiro atoms. The molecule has 0 bridgehead atoms. The fourth-order valence-electron chi connectivity index (χ4n) is 3.11. The van der Waals surface area contributed by atoms with E-state index in [1.807, 2.05) is 19.1 Å². The summed E-state index contributed by atoms with van der Waals surface area (Å²) in [5.41, 5.74) is 0.963. The molecule has 2 unspecified atom stereocenters. The van der Waals surface area contributed by atoms with Crippen molar-refractivity contribution in [3.05, 3.63) is 30.1 Å². The Morgan fingerprint density at radius 2 is 2.15 bits per heavy atom. The van der Waals surface area contributed by atoms with Gasteiger partial charge in [0.1, 0.15) is 12.1 Å². The van der Waals surface area contributed by atoms with Gasteiger partial charge in [-0.25, -0.2) is 0 Å². The topological polar surface area (TPSA) is 53.5 Å². The first-order chi connectivity index (χ1) is 9.68. The average molecular weight is 273 g/mol. The largest absolute Gasteiger partial charge is 0.329 e. The van der Waals surface area contributed by atoms with Crippen LogP contribution in [-0.2, 0) is 16.1 Å². The Labute approximate surface area is 118 Å². The van der Waals surface area contributed by atoms with Gasteiger partial charge >= 0.3 is 0 Å². The summed E-state index contributed by atoms with van der Waals surface area (Å²) in [6.07, 6.45) is 6.28. The van der Waals surface area contributed by atoms with Gasteiger partial charge in [0.25, 0.3) is 0 Å². The molecule has 2 fully saturated rings. The standard InChI is InChI=1S/C15H19N3O2/c1-11-14(19)17-8-3-2-6-13(17)15(20)18(11)10-12-5-4-7-16-9-12/h4-5,7,9,11,13H,2-3,6,8,10H2,1H3. The fourth-order valence-corrected chi connectivity index (χ4v) is 3.11. The summed E-state index contributed by atoms with van der Waals surface area (Å²) in [6, 6.07) is 3.16. The molecule has 1 aromatic heterocycles. The maximum atomic E-state index is 12.6. The normalized spacial score (nSPS) is 26.6.